The zero-order valence-corrected chi connectivity index (χ0v) is 12.9. The maximum absolute atomic E-state index is 12.1. The highest BCUT2D eigenvalue weighted by Gasteiger charge is 2.15. The van der Waals surface area contributed by atoms with E-state index in [1.165, 1.54) is 31.2 Å². The third kappa shape index (κ3) is 3.85. The smallest absolute Gasteiger partial charge is 0.222 e. The summed E-state index contributed by atoms with van der Waals surface area (Å²) < 4.78 is 0. The van der Waals surface area contributed by atoms with Crippen LogP contribution in [0.25, 0.3) is 0 Å². The maximum Gasteiger partial charge on any atom is 0.222 e. The summed E-state index contributed by atoms with van der Waals surface area (Å²) in [6, 6.07) is 6.95. The van der Waals surface area contributed by atoms with Crippen molar-refractivity contribution in [3.8, 4) is 0 Å². The summed E-state index contributed by atoms with van der Waals surface area (Å²) in [6.45, 7) is 3.63. The number of piperazine rings is 1. The third-order valence-corrected chi connectivity index (χ3v) is 4.74. The number of amides is 1. The molecule has 0 radical (unpaired) electrons. The third-order valence-electron chi connectivity index (χ3n) is 4.74. The Morgan fingerprint density at radius 2 is 1.86 bits per heavy atom. The average molecular weight is 286 g/mol. The molecule has 1 aromatic carbocycles. The SMILES string of the molecule is O=C(CCCc1ccc2c(c1)CCCC2)N1CCNCC1. The minimum Gasteiger partial charge on any atom is -0.340 e. The number of carbonyl (C=O) groups is 1. The molecule has 3 heteroatoms. The predicted molar refractivity (Wildman–Crippen MR) is 85.5 cm³/mol. The number of fused-ring (bicyclic) bond motifs is 1. The summed E-state index contributed by atoms with van der Waals surface area (Å²) in [6.07, 6.45) is 7.85. The molecule has 1 aliphatic heterocycles. The minimum absolute atomic E-state index is 0.328. The zero-order chi connectivity index (χ0) is 14.5. The van der Waals surface area contributed by atoms with Crippen molar-refractivity contribution < 1.29 is 4.79 Å². The molecule has 114 valence electrons. The van der Waals surface area contributed by atoms with Gasteiger partial charge in [-0.2, -0.15) is 0 Å². The number of hydrogen-bond donors (Lipinski definition) is 1. The van der Waals surface area contributed by atoms with E-state index in [4.69, 9.17) is 0 Å². The Kier molecular flexibility index (Phi) is 4.91. The Morgan fingerprint density at radius 1 is 1.10 bits per heavy atom. The van der Waals surface area contributed by atoms with Crippen LogP contribution in [-0.2, 0) is 24.1 Å². The molecule has 21 heavy (non-hydrogen) atoms. The second-order valence-electron chi connectivity index (χ2n) is 6.29. The van der Waals surface area contributed by atoms with E-state index in [0.717, 1.165) is 39.0 Å². The summed E-state index contributed by atoms with van der Waals surface area (Å²) >= 11 is 0. The van der Waals surface area contributed by atoms with E-state index >= 15 is 0 Å². The summed E-state index contributed by atoms with van der Waals surface area (Å²) in [5, 5.41) is 3.29. The normalized spacial score (nSPS) is 18.4. The van der Waals surface area contributed by atoms with Crippen molar-refractivity contribution >= 4 is 5.91 Å². The van der Waals surface area contributed by atoms with Gasteiger partial charge in [0.1, 0.15) is 0 Å². The van der Waals surface area contributed by atoms with Crippen molar-refractivity contribution in [3.63, 3.8) is 0 Å². The molecule has 1 saturated heterocycles. The highest BCUT2D eigenvalue weighted by Crippen LogP contribution is 2.22. The molecule has 0 atom stereocenters. The van der Waals surface area contributed by atoms with Crippen molar-refractivity contribution in [3.05, 3.63) is 34.9 Å². The molecule has 3 nitrogen and oxygen atoms in total. The first-order chi connectivity index (χ1) is 10.3. The van der Waals surface area contributed by atoms with Gasteiger partial charge in [-0.25, -0.2) is 0 Å². The van der Waals surface area contributed by atoms with Crippen LogP contribution in [0.15, 0.2) is 18.2 Å². The minimum atomic E-state index is 0.328. The Labute approximate surface area is 127 Å². The maximum atomic E-state index is 12.1. The van der Waals surface area contributed by atoms with Gasteiger partial charge in [-0.3, -0.25) is 4.79 Å². The first kappa shape index (κ1) is 14.6. The number of benzene rings is 1. The van der Waals surface area contributed by atoms with Crippen LogP contribution < -0.4 is 5.32 Å². The second-order valence-corrected chi connectivity index (χ2v) is 6.29. The second kappa shape index (κ2) is 7.08. The lowest BCUT2D eigenvalue weighted by molar-refractivity contribution is -0.131. The van der Waals surface area contributed by atoms with Crippen molar-refractivity contribution in [1.29, 1.82) is 0 Å². The largest absolute Gasteiger partial charge is 0.340 e. The zero-order valence-electron chi connectivity index (χ0n) is 12.9. The molecule has 0 unspecified atom stereocenters. The molecular formula is C18H26N2O. The number of rotatable bonds is 4. The molecule has 3 rings (SSSR count). The molecule has 1 fully saturated rings. The average Bonchev–Trinajstić information content (AvgIpc) is 2.55. The molecule has 0 saturated carbocycles. The monoisotopic (exact) mass is 286 g/mol. The molecule has 0 aromatic heterocycles. The first-order valence-electron chi connectivity index (χ1n) is 8.42. The number of nitrogens with one attached hydrogen (secondary N) is 1. The predicted octanol–water partition coefficient (Wildman–Crippen LogP) is 2.32. The summed E-state index contributed by atoms with van der Waals surface area (Å²) in [5.74, 6) is 0.328. The lowest BCUT2D eigenvalue weighted by Crippen LogP contribution is -2.46. The van der Waals surface area contributed by atoms with Gasteiger partial charge in [-0.05, 0) is 55.2 Å². The highest BCUT2D eigenvalue weighted by molar-refractivity contribution is 5.76. The Morgan fingerprint density at radius 3 is 2.67 bits per heavy atom. The van der Waals surface area contributed by atoms with Crippen molar-refractivity contribution in [2.75, 3.05) is 26.2 Å². The highest BCUT2D eigenvalue weighted by atomic mass is 16.2. The number of nitrogens with zero attached hydrogens (tertiary/aromatic N) is 1. The van der Waals surface area contributed by atoms with Crippen molar-refractivity contribution in [2.24, 2.45) is 0 Å². The van der Waals surface area contributed by atoms with Crippen LogP contribution >= 0.6 is 0 Å². The number of hydrogen-bond acceptors (Lipinski definition) is 2. The van der Waals surface area contributed by atoms with Crippen LogP contribution in [0, 0.1) is 0 Å². The van der Waals surface area contributed by atoms with E-state index < -0.39 is 0 Å². The fourth-order valence-corrected chi connectivity index (χ4v) is 3.46. The molecule has 1 aliphatic carbocycles. The van der Waals surface area contributed by atoms with Crippen LogP contribution in [0.2, 0.25) is 0 Å². The topological polar surface area (TPSA) is 32.3 Å². The van der Waals surface area contributed by atoms with E-state index in [1.807, 2.05) is 4.90 Å². The van der Waals surface area contributed by atoms with Gasteiger partial charge < -0.3 is 10.2 Å². The van der Waals surface area contributed by atoms with Gasteiger partial charge in [0, 0.05) is 32.6 Å². The quantitative estimate of drug-likeness (QED) is 0.921. The molecule has 1 N–H and O–H groups in total. The Bertz CT molecular complexity index is 492. The van der Waals surface area contributed by atoms with E-state index in [1.54, 1.807) is 11.1 Å². The number of carbonyl (C=O) groups excluding carboxylic acids is 1. The van der Waals surface area contributed by atoms with Gasteiger partial charge in [0.05, 0.1) is 0 Å². The van der Waals surface area contributed by atoms with Crippen LogP contribution in [0.4, 0.5) is 0 Å². The number of aryl methyl sites for hydroxylation is 3. The van der Waals surface area contributed by atoms with Crippen LogP contribution in [-0.4, -0.2) is 37.0 Å². The molecular weight excluding hydrogens is 260 g/mol. The molecule has 1 aromatic rings. The van der Waals surface area contributed by atoms with Gasteiger partial charge in [-0.15, -0.1) is 0 Å². The first-order valence-corrected chi connectivity index (χ1v) is 8.42. The van der Waals surface area contributed by atoms with E-state index in [0.29, 0.717) is 12.3 Å². The van der Waals surface area contributed by atoms with Gasteiger partial charge in [0.15, 0.2) is 0 Å². The van der Waals surface area contributed by atoms with Crippen molar-refractivity contribution in [2.45, 2.75) is 44.9 Å². The Balaban J connectivity index is 1.47. The van der Waals surface area contributed by atoms with E-state index in [9.17, 15) is 4.79 Å². The van der Waals surface area contributed by atoms with Gasteiger partial charge in [0.2, 0.25) is 5.91 Å². The molecule has 2 aliphatic rings. The summed E-state index contributed by atoms with van der Waals surface area (Å²) in [5.41, 5.74) is 4.50. The Hall–Kier alpha value is -1.35. The van der Waals surface area contributed by atoms with Crippen LogP contribution in [0.3, 0.4) is 0 Å². The summed E-state index contributed by atoms with van der Waals surface area (Å²) in [4.78, 5) is 14.1. The molecule has 0 bridgehead atoms. The van der Waals surface area contributed by atoms with Gasteiger partial charge >= 0.3 is 0 Å². The fourth-order valence-electron chi connectivity index (χ4n) is 3.46. The van der Waals surface area contributed by atoms with Crippen LogP contribution in [0.1, 0.15) is 42.4 Å². The van der Waals surface area contributed by atoms with Crippen molar-refractivity contribution in [1.82, 2.24) is 10.2 Å². The standard InChI is InChI=1S/C18H26N2O/c21-18(20-12-10-19-11-13-20)7-3-4-15-8-9-16-5-1-2-6-17(16)14-15/h8-9,14,19H,1-7,10-13H2. The van der Waals surface area contributed by atoms with Crippen LogP contribution in [0.5, 0.6) is 0 Å². The van der Waals surface area contributed by atoms with E-state index in [-0.39, 0.29) is 0 Å². The molecule has 0 spiro atoms. The fraction of sp³-hybridized carbons (Fsp3) is 0.611. The molecule has 1 heterocycles. The van der Waals surface area contributed by atoms with Gasteiger partial charge in [0.25, 0.3) is 0 Å². The lowest BCUT2D eigenvalue weighted by Gasteiger charge is -2.27. The summed E-state index contributed by atoms with van der Waals surface area (Å²) in [7, 11) is 0. The lowest BCUT2D eigenvalue weighted by atomic mass is 9.89. The van der Waals surface area contributed by atoms with E-state index in [2.05, 4.69) is 23.5 Å². The van der Waals surface area contributed by atoms with Gasteiger partial charge in [-0.1, -0.05) is 18.2 Å². The molecule has 1 amide bonds.